The Labute approximate surface area is 210 Å². The Balaban J connectivity index is 2.33. The normalized spacial score (nSPS) is 13.9. The molecule has 0 spiro atoms. The summed E-state index contributed by atoms with van der Waals surface area (Å²) in [4.78, 5) is 15.0. The lowest BCUT2D eigenvalue weighted by atomic mass is 9.96. The molecule has 1 amide bonds. The molecular weight excluding hydrogens is 552 g/mol. The van der Waals surface area contributed by atoms with Crippen molar-refractivity contribution in [3.8, 4) is 21.9 Å². The van der Waals surface area contributed by atoms with Crippen molar-refractivity contribution in [1.82, 2.24) is 10.6 Å². The van der Waals surface area contributed by atoms with Gasteiger partial charge in [-0.25, -0.2) is 12.8 Å². The zero-order valence-electron chi connectivity index (χ0n) is 19.2. The lowest BCUT2D eigenvalue weighted by Crippen LogP contribution is -2.51. The predicted octanol–water partition coefficient (Wildman–Crippen LogP) is 4.93. The molecule has 2 aromatic rings. The van der Waals surface area contributed by atoms with E-state index in [9.17, 15) is 30.8 Å². The molecule has 0 fully saturated rings. The van der Waals surface area contributed by atoms with Gasteiger partial charge in [0.15, 0.2) is 9.84 Å². The molecule has 2 atom stereocenters. The second-order valence-electron chi connectivity index (χ2n) is 8.52. The molecule has 190 valence electrons. The highest BCUT2D eigenvalue weighted by molar-refractivity contribution is 9.12. The van der Waals surface area contributed by atoms with E-state index in [0.29, 0.717) is 11.1 Å². The van der Waals surface area contributed by atoms with Gasteiger partial charge in [-0.2, -0.15) is 13.2 Å². The maximum Gasteiger partial charge on any atom is 0.407 e. The first-order valence-corrected chi connectivity index (χ1v) is 13.1. The maximum absolute atomic E-state index is 14.3. The molecule has 2 rings (SSSR count). The Morgan fingerprint density at radius 3 is 1.94 bits per heavy atom. The summed E-state index contributed by atoms with van der Waals surface area (Å²) in [6, 6.07) is 7.70. The second kappa shape index (κ2) is 11.5. The molecule has 0 radical (unpaired) electrons. The van der Waals surface area contributed by atoms with Gasteiger partial charge in [-0.05, 0) is 47.5 Å². The molecule has 11 heteroatoms. The first kappa shape index (κ1) is 28.8. The third kappa shape index (κ3) is 8.94. The van der Waals surface area contributed by atoms with E-state index in [1.54, 1.807) is 12.1 Å². The molecule has 0 saturated heterocycles. The molecule has 0 heterocycles. The summed E-state index contributed by atoms with van der Waals surface area (Å²) < 4.78 is 79.5. The minimum atomic E-state index is -4.77. The Hall–Kier alpha value is -2.42. The number of sulfone groups is 1. The van der Waals surface area contributed by atoms with E-state index >= 15 is 0 Å². The molecule has 0 aromatic heterocycles. The van der Waals surface area contributed by atoms with Crippen molar-refractivity contribution >= 4 is 31.7 Å². The van der Waals surface area contributed by atoms with Crippen molar-refractivity contribution in [2.45, 2.75) is 49.1 Å². The number of rotatable bonds is 9. The Morgan fingerprint density at radius 2 is 1.51 bits per heavy atom. The number of carbonyl (C=O) groups excluding carboxylic acids is 1. The zero-order valence-corrected chi connectivity index (χ0v) is 21.6. The number of nitrogens with one attached hydrogen (secondary N) is 2. The van der Waals surface area contributed by atoms with E-state index in [4.69, 9.17) is 0 Å². The van der Waals surface area contributed by atoms with Crippen LogP contribution in [0.4, 0.5) is 17.6 Å². The lowest BCUT2D eigenvalue weighted by Gasteiger charge is -2.29. The zero-order chi connectivity index (χ0) is 26.4. The number of alkyl halides is 4. The van der Waals surface area contributed by atoms with Gasteiger partial charge in [0.05, 0.1) is 17.5 Å². The number of carbonyl (C=O) groups is 1. The topological polar surface area (TPSA) is 75.3 Å². The van der Waals surface area contributed by atoms with Crippen molar-refractivity contribution in [3.63, 3.8) is 0 Å². The molecule has 0 unspecified atom stereocenters. The van der Waals surface area contributed by atoms with Gasteiger partial charge in [0.1, 0.15) is 11.7 Å². The Bertz CT molecular complexity index is 1180. The quantitative estimate of drug-likeness (QED) is 0.328. The highest BCUT2D eigenvalue weighted by atomic mass is 79.9. The molecule has 0 aliphatic heterocycles. The van der Waals surface area contributed by atoms with Gasteiger partial charge in [-0.1, -0.05) is 42.3 Å². The molecule has 2 aromatic carbocycles. The molecule has 0 aliphatic carbocycles. The molecule has 5 nitrogen and oxygen atoms in total. The van der Waals surface area contributed by atoms with Crippen LogP contribution in [-0.4, -0.2) is 45.0 Å². The standard InChI is InChI=1S/C24H25BrF4N2O3S/c1-23(2,26)15-20(22(32)30-14-4-13-25)31-21(24(27,28)29)18-7-5-16(6-8-18)17-9-11-19(12-10-17)35(3,33)34/h5-12,20-21,31H,14-15H2,1-3H3,(H,30,32)/t20-,21-/m0/s1. The largest absolute Gasteiger partial charge is 0.407 e. The average Bonchev–Trinajstić information content (AvgIpc) is 2.75. The van der Waals surface area contributed by atoms with Crippen molar-refractivity contribution in [3.05, 3.63) is 54.1 Å². The van der Waals surface area contributed by atoms with E-state index in [-0.39, 0.29) is 17.0 Å². The number of hydrogen-bond donors (Lipinski definition) is 2. The molecular formula is C24H25BrF4N2O3S. The first-order valence-electron chi connectivity index (χ1n) is 10.4. The number of hydrogen-bond acceptors (Lipinski definition) is 4. The van der Waals surface area contributed by atoms with Crippen LogP contribution in [0.1, 0.15) is 31.9 Å². The summed E-state index contributed by atoms with van der Waals surface area (Å²) in [6.45, 7) is 2.25. The molecule has 35 heavy (non-hydrogen) atoms. The fourth-order valence-electron chi connectivity index (χ4n) is 3.34. The van der Waals surface area contributed by atoms with Crippen LogP contribution in [0.25, 0.3) is 11.1 Å². The highest BCUT2D eigenvalue weighted by Crippen LogP contribution is 2.35. The SMILES string of the molecule is CC(C)(F)C[C@H](N[C@@H](c1ccc(-c2ccc(S(C)(=O)=O)cc2)cc1)C(F)(F)F)C(=O)NCC#CBr. The van der Waals surface area contributed by atoms with E-state index in [2.05, 4.69) is 37.3 Å². The third-order valence-electron chi connectivity index (χ3n) is 4.98. The number of benzene rings is 2. The summed E-state index contributed by atoms with van der Waals surface area (Å²) in [7, 11) is -3.38. The summed E-state index contributed by atoms with van der Waals surface area (Å²) in [5.41, 5.74) is -0.885. The van der Waals surface area contributed by atoms with Crippen LogP contribution in [0, 0.1) is 10.8 Å². The molecule has 2 N–H and O–H groups in total. The van der Waals surface area contributed by atoms with Crippen LogP contribution < -0.4 is 10.6 Å². The lowest BCUT2D eigenvalue weighted by molar-refractivity contribution is -0.161. The average molecular weight is 577 g/mol. The minimum absolute atomic E-state index is 0.113. The van der Waals surface area contributed by atoms with E-state index in [0.717, 1.165) is 6.26 Å². The van der Waals surface area contributed by atoms with Gasteiger partial charge in [0, 0.05) is 28.6 Å². The van der Waals surface area contributed by atoms with Gasteiger partial charge >= 0.3 is 6.18 Å². The summed E-state index contributed by atoms with van der Waals surface area (Å²) >= 11 is 2.85. The van der Waals surface area contributed by atoms with Crippen LogP contribution in [0.15, 0.2) is 53.4 Å². The smallest absolute Gasteiger partial charge is 0.344 e. The fraction of sp³-hybridized carbons (Fsp3) is 0.375. The molecule has 0 bridgehead atoms. The first-order chi connectivity index (χ1) is 16.1. The van der Waals surface area contributed by atoms with E-state index < -0.39 is 46.1 Å². The van der Waals surface area contributed by atoms with Gasteiger partial charge < -0.3 is 5.32 Å². The van der Waals surface area contributed by atoms with Gasteiger partial charge in [0.25, 0.3) is 0 Å². The van der Waals surface area contributed by atoms with Gasteiger partial charge in [-0.3, -0.25) is 10.1 Å². The van der Waals surface area contributed by atoms with Crippen molar-refractivity contribution in [2.24, 2.45) is 0 Å². The van der Waals surface area contributed by atoms with Crippen LogP contribution in [0.2, 0.25) is 0 Å². The number of halogens is 5. The van der Waals surface area contributed by atoms with Crippen LogP contribution in [-0.2, 0) is 14.6 Å². The maximum atomic E-state index is 14.3. The van der Waals surface area contributed by atoms with Crippen molar-refractivity contribution < 1.29 is 30.8 Å². The Kier molecular flexibility index (Phi) is 9.50. The Morgan fingerprint density at radius 1 is 1.00 bits per heavy atom. The minimum Gasteiger partial charge on any atom is -0.344 e. The highest BCUT2D eigenvalue weighted by Gasteiger charge is 2.43. The van der Waals surface area contributed by atoms with Crippen LogP contribution >= 0.6 is 15.9 Å². The second-order valence-corrected chi connectivity index (χ2v) is 10.9. The van der Waals surface area contributed by atoms with Gasteiger partial charge in [0.2, 0.25) is 5.91 Å². The molecule has 0 aliphatic rings. The number of amides is 1. The van der Waals surface area contributed by atoms with E-state index in [1.165, 1.54) is 50.2 Å². The van der Waals surface area contributed by atoms with Crippen molar-refractivity contribution in [1.29, 1.82) is 0 Å². The predicted molar refractivity (Wildman–Crippen MR) is 130 cm³/mol. The summed E-state index contributed by atoms with van der Waals surface area (Å²) in [6.07, 6.45) is -4.18. The molecule has 0 saturated carbocycles. The summed E-state index contributed by atoms with van der Waals surface area (Å²) in [5.74, 6) is 1.70. The monoisotopic (exact) mass is 576 g/mol. The fourth-order valence-corrected chi connectivity index (χ4v) is 4.11. The van der Waals surface area contributed by atoms with Crippen molar-refractivity contribution in [2.75, 3.05) is 12.8 Å². The van der Waals surface area contributed by atoms with E-state index in [1.807, 2.05) is 0 Å². The third-order valence-corrected chi connectivity index (χ3v) is 6.39. The van der Waals surface area contributed by atoms with Crippen LogP contribution in [0.3, 0.4) is 0 Å². The van der Waals surface area contributed by atoms with Crippen LogP contribution in [0.5, 0.6) is 0 Å². The summed E-state index contributed by atoms with van der Waals surface area (Å²) in [5, 5.41) is 4.65. The van der Waals surface area contributed by atoms with Gasteiger partial charge in [-0.15, -0.1) is 0 Å².